The molecule has 0 saturated heterocycles. The minimum Gasteiger partial charge on any atom is -0.469 e. The average Bonchev–Trinajstić information content (AvgIpc) is 2.93. The molecule has 4 N–H and O–H groups in total. The number of benzene rings is 1. The highest BCUT2D eigenvalue weighted by molar-refractivity contribution is 5.94. The van der Waals surface area contributed by atoms with E-state index in [1.807, 2.05) is 0 Å². The highest BCUT2D eigenvalue weighted by Gasteiger charge is 2.29. The standard InChI is InChI=1S/C30H44N4O12/c1-17(24(37)31-16-22(35)33-21(26(39)43-9)15-23(36)42-8)32-25(38)20(34-27(40)45-29(2,3)4)14-18-10-12-19(13-11-18)44-28(41)46-30(5,6)7/h10-13,17,20-21H,14-16H2,1-9H3,(H,31,37)(H,32,38)(H,33,35)(H,34,40)/t17-,20+,21-/m0/s1. The van der Waals surface area contributed by atoms with Gasteiger partial charge in [0.25, 0.3) is 0 Å². The number of methoxy groups -OCH3 is 2. The molecule has 1 rings (SSSR count). The quantitative estimate of drug-likeness (QED) is 0.135. The zero-order chi connectivity index (χ0) is 35.2. The van der Waals surface area contributed by atoms with Gasteiger partial charge in [0, 0.05) is 6.42 Å². The molecule has 0 unspecified atom stereocenters. The fourth-order valence-electron chi connectivity index (χ4n) is 3.49. The van der Waals surface area contributed by atoms with Crippen molar-refractivity contribution in [3.8, 4) is 5.75 Å². The number of alkyl carbamates (subject to hydrolysis) is 1. The summed E-state index contributed by atoms with van der Waals surface area (Å²) in [7, 11) is 2.19. The van der Waals surface area contributed by atoms with Gasteiger partial charge in [0.1, 0.15) is 35.1 Å². The first-order chi connectivity index (χ1) is 21.2. The molecule has 0 fully saturated rings. The van der Waals surface area contributed by atoms with Crippen molar-refractivity contribution in [3.05, 3.63) is 29.8 Å². The Bertz CT molecular complexity index is 1250. The third kappa shape index (κ3) is 15.7. The SMILES string of the molecule is COC(=O)C[C@H](NC(=O)CNC(=O)[C@H](C)NC(=O)[C@@H](Cc1ccc(OC(=O)OC(C)(C)C)cc1)NC(=O)OC(C)(C)C)C(=O)OC. The van der Waals surface area contributed by atoms with Crippen molar-refractivity contribution in [1.82, 2.24) is 21.3 Å². The van der Waals surface area contributed by atoms with Crippen molar-refractivity contribution < 1.29 is 57.2 Å². The number of hydrogen-bond acceptors (Lipinski definition) is 12. The number of amides is 4. The Kier molecular flexibility index (Phi) is 14.9. The topological polar surface area (TPSA) is 214 Å². The Balaban J connectivity index is 2.91. The Hall–Kier alpha value is -4.89. The van der Waals surface area contributed by atoms with E-state index in [0.717, 1.165) is 14.2 Å². The largest absolute Gasteiger partial charge is 0.514 e. The van der Waals surface area contributed by atoms with Gasteiger partial charge >= 0.3 is 24.2 Å². The summed E-state index contributed by atoms with van der Waals surface area (Å²) in [5, 5.41) is 9.55. The van der Waals surface area contributed by atoms with Crippen LogP contribution in [0.4, 0.5) is 9.59 Å². The second-order valence-electron chi connectivity index (χ2n) is 12.0. The summed E-state index contributed by atoms with van der Waals surface area (Å²) < 4.78 is 24.6. The van der Waals surface area contributed by atoms with Crippen LogP contribution < -0.4 is 26.0 Å². The molecule has 4 amide bonds. The second kappa shape index (κ2) is 17.6. The molecule has 16 heteroatoms. The van der Waals surface area contributed by atoms with Crippen molar-refractivity contribution >= 4 is 41.9 Å². The van der Waals surface area contributed by atoms with Crippen LogP contribution in [-0.4, -0.2) is 92.0 Å². The minimum absolute atomic E-state index is 0.0380. The van der Waals surface area contributed by atoms with E-state index < -0.39 is 84.2 Å². The molecule has 0 aromatic heterocycles. The van der Waals surface area contributed by atoms with Crippen LogP contribution in [0.1, 0.15) is 60.5 Å². The summed E-state index contributed by atoms with van der Waals surface area (Å²) >= 11 is 0. The summed E-state index contributed by atoms with van der Waals surface area (Å²) in [5.74, 6) is -3.77. The molecule has 16 nitrogen and oxygen atoms in total. The summed E-state index contributed by atoms with van der Waals surface area (Å²) in [6, 6.07) is 2.42. The number of rotatable bonds is 13. The Morgan fingerprint density at radius 3 is 1.85 bits per heavy atom. The van der Waals surface area contributed by atoms with Gasteiger partial charge in [-0.2, -0.15) is 0 Å². The number of esters is 2. The van der Waals surface area contributed by atoms with Crippen molar-refractivity contribution in [2.75, 3.05) is 20.8 Å². The average molecular weight is 653 g/mol. The van der Waals surface area contributed by atoms with E-state index in [2.05, 4.69) is 30.7 Å². The third-order valence-corrected chi connectivity index (χ3v) is 5.56. The van der Waals surface area contributed by atoms with Gasteiger partial charge in [0.2, 0.25) is 17.7 Å². The molecule has 0 spiro atoms. The molecule has 0 bridgehead atoms. The molecule has 1 aromatic rings. The Morgan fingerprint density at radius 1 is 0.739 bits per heavy atom. The van der Waals surface area contributed by atoms with E-state index in [0.29, 0.717) is 5.56 Å². The van der Waals surface area contributed by atoms with E-state index in [1.54, 1.807) is 53.7 Å². The van der Waals surface area contributed by atoms with Gasteiger partial charge in [-0.15, -0.1) is 0 Å². The number of ether oxygens (including phenoxy) is 5. The monoisotopic (exact) mass is 652 g/mol. The molecule has 3 atom stereocenters. The van der Waals surface area contributed by atoms with Crippen LogP contribution in [0.15, 0.2) is 24.3 Å². The molecule has 0 heterocycles. The fraction of sp³-hybridized carbons (Fsp3) is 0.567. The first kappa shape index (κ1) is 39.1. The number of carbonyl (C=O) groups is 7. The van der Waals surface area contributed by atoms with Crippen LogP contribution in [0.25, 0.3) is 0 Å². The van der Waals surface area contributed by atoms with Gasteiger partial charge in [0.05, 0.1) is 27.2 Å². The van der Waals surface area contributed by atoms with Crippen LogP contribution in [0, 0.1) is 0 Å². The van der Waals surface area contributed by atoms with Crippen LogP contribution in [-0.2, 0) is 49.3 Å². The Morgan fingerprint density at radius 2 is 1.33 bits per heavy atom. The molecule has 0 saturated carbocycles. The van der Waals surface area contributed by atoms with Crippen LogP contribution in [0.2, 0.25) is 0 Å². The van der Waals surface area contributed by atoms with Gasteiger partial charge in [0.15, 0.2) is 0 Å². The van der Waals surface area contributed by atoms with E-state index in [1.165, 1.54) is 19.1 Å². The first-order valence-corrected chi connectivity index (χ1v) is 14.2. The van der Waals surface area contributed by atoms with Crippen LogP contribution in [0.5, 0.6) is 5.75 Å². The third-order valence-electron chi connectivity index (χ3n) is 5.56. The van der Waals surface area contributed by atoms with Crippen molar-refractivity contribution in [3.63, 3.8) is 0 Å². The van der Waals surface area contributed by atoms with Gasteiger partial charge in [-0.05, 0) is 66.2 Å². The lowest BCUT2D eigenvalue weighted by Crippen LogP contribution is -2.55. The van der Waals surface area contributed by atoms with E-state index >= 15 is 0 Å². The Labute approximate surface area is 267 Å². The molecule has 46 heavy (non-hydrogen) atoms. The first-order valence-electron chi connectivity index (χ1n) is 14.2. The van der Waals surface area contributed by atoms with Crippen molar-refractivity contribution in [2.24, 2.45) is 0 Å². The zero-order valence-electron chi connectivity index (χ0n) is 27.6. The summed E-state index contributed by atoms with van der Waals surface area (Å²) in [5.41, 5.74) is -1.04. The molecule has 1 aromatic carbocycles. The minimum atomic E-state index is -1.34. The number of hydrogen-bond donors (Lipinski definition) is 4. The maximum absolute atomic E-state index is 13.2. The van der Waals surface area contributed by atoms with Gasteiger partial charge in [-0.1, -0.05) is 12.1 Å². The second-order valence-corrected chi connectivity index (χ2v) is 12.0. The zero-order valence-corrected chi connectivity index (χ0v) is 27.6. The van der Waals surface area contributed by atoms with E-state index in [-0.39, 0.29) is 12.2 Å². The van der Waals surface area contributed by atoms with E-state index in [9.17, 15) is 33.6 Å². The lowest BCUT2D eigenvalue weighted by atomic mass is 10.0. The fourth-order valence-corrected chi connectivity index (χ4v) is 3.49. The smallest absolute Gasteiger partial charge is 0.469 e. The molecule has 0 aliphatic rings. The van der Waals surface area contributed by atoms with Crippen LogP contribution >= 0.6 is 0 Å². The number of nitrogens with one attached hydrogen (secondary N) is 4. The van der Waals surface area contributed by atoms with Crippen molar-refractivity contribution in [1.29, 1.82) is 0 Å². The normalized spacial score (nSPS) is 13.1. The predicted molar refractivity (Wildman–Crippen MR) is 161 cm³/mol. The molecular formula is C30H44N4O12. The summed E-state index contributed by atoms with van der Waals surface area (Å²) in [6.07, 6.45) is -2.29. The van der Waals surface area contributed by atoms with Gasteiger partial charge in [-0.3, -0.25) is 19.2 Å². The highest BCUT2D eigenvalue weighted by atomic mass is 16.7. The molecule has 0 radical (unpaired) electrons. The lowest BCUT2D eigenvalue weighted by Gasteiger charge is -2.24. The molecule has 0 aliphatic heterocycles. The molecule has 0 aliphatic carbocycles. The molecule has 256 valence electrons. The summed E-state index contributed by atoms with van der Waals surface area (Å²) in [6.45, 7) is 10.8. The predicted octanol–water partition coefficient (Wildman–Crippen LogP) is 1.28. The highest BCUT2D eigenvalue weighted by Crippen LogP contribution is 2.17. The maximum Gasteiger partial charge on any atom is 0.514 e. The van der Waals surface area contributed by atoms with Gasteiger partial charge in [-0.25, -0.2) is 14.4 Å². The van der Waals surface area contributed by atoms with Gasteiger partial charge < -0.3 is 45.0 Å². The summed E-state index contributed by atoms with van der Waals surface area (Å²) in [4.78, 5) is 86.1. The van der Waals surface area contributed by atoms with E-state index in [4.69, 9.17) is 14.2 Å². The maximum atomic E-state index is 13.2. The van der Waals surface area contributed by atoms with Crippen molar-refractivity contribution in [2.45, 2.75) is 90.6 Å². The van der Waals surface area contributed by atoms with Crippen LogP contribution in [0.3, 0.4) is 0 Å². The molecular weight excluding hydrogens is 608 g/mol. The number of carbonyl (C=O) groups excluding carboxylic acids is 7. The lowest BCUT2D eigenvalue weighted by molar-refractivity contribution is -0.150.